The number of unbranched alkanes of at least 4 members (excludes halogenated alkanes) is 8. The van der Waals surface area contributed by atoms with E-state index in [9.17, 15) is 19.2 Å². The standard InChI is InChI=1S/C32H40O8/c1-3-5-7-9-11-23-37-31(35)25-13-17-27(18-14-25)39-29(33)21-22-30(34)40-28-19-15-26(16-20-28)32(36)38-24-12-10-8-6-4-2/h13-22H,3-12,23-24H2,1-2H3/b22-21-. The Bertz CT molecular complexity index is 999. The topological polar surface area (TPSA) is 105 Å². The number of benzene rings is 2. The molecule has 8 nitrogen and oxygen atoms in total. The fourth-order valence-electron chi connectivity index (χ4n) is 3.66. The number of esters is 4. The zero-order valence-electron chi connectivity index (χ0n) is 23.5. The third-order valence-corrected chi connectivity index (χ3v) is 5.93. The van der Waals surface area contributed by atoms with Gasteiger partial charge in [0.2, 0.25) is 0 Å². The number of rotatable bonds is 18. The van der Waals surface area contributed by atoms with Gasteiger partial charge in [0.05, 0.1) is 24.3 Å². The molecule has 0 bridgehead atoms. The molecule has 0 amide bonds. The van der Waals surface area contributed by atoms with E-state index in [1.54, 1.807) is 0 Å². The van der Waals surface area contributed by atoms with Crippen LogP contribution in [0.5, 0.6) is 11.5 Å². The molecule has 40 heavy (non-hydrogen) atoms. The Morgan fingerprint density at radius 1 is 0.525 bits per heavy atom. The Morgan fingerprint density at radius 2 is 0.875 bits per heavy atom. The van der Waals surface area contributed by atoms with Crippen molar-refractivity contribution in [1.82, 2.24) is 0 Å². The fourth-order valence-corrected chi connectivity index (χ4v) is 3.66. The normalized spacial score (nSPS) is 10.8. The molecule has 0 atom stereocenters. The van der Waals surface area contributed by atoms with E-state index in [0.717, 1.165) is 63.5 Å². The molecular formula is C32H40O8. The minimum absolute atomic E-state index is 0.211. The van der Waals surface area contributed by atoms with Crippen molar-refractivity contribution >= 4 is 23.9 Å². The Labute approximate surface area is 236 Å². The number of carbonyl (C=O) groups excluding carboxylic acids is 4. The number of hydrogen-bond acceptors (Lipinski definition) is 8. The highest BCUT2D eigenvalue weighted by atomic mass is 16.5. The van der Waals surface area contributed by atoms with Crippen molar-refractivity contribution < 1.29 is 38.1 Å². The van der Waals surface area contributed by atoms with Crippen molar-refractivity contribution in [2.24, 2.45) is 0 Å². The summed E-state index contributed by atoms with van der Waals surface area (Å²) >= 11 is 0. The van der Waals surface area contributed by atoms with Crippen molar-refractivity contribution in [3.05, 3.63) is 71.8 Å². The number of carbonyl (C=O) groups is 4. The molecular weight excluding hydrogens is 512 g/mol. The van der Waals surface area contributed by atoms with Crippen LogP contribution in [0.1, 0.15) is 98.8 Å². The molecule has 0 radical (unpaired) electrons. The van der Waals surface area contributed by atoms with Crippen LogP contribution in [0.25, 0.3) is 0 Å². The summed E-state index contributed by atoms with van der Waals surface area (Å²) in [5, 5.41) is 0. The zero-order chi connectivity index (χ0) is 29.0. The SMILES string of the molecule is CCCCCCCOC(=O)c1ccc(OC(=O)/C=C\C(=O)Oc2ccc(C(=O)OCCCCCCC)cc2)cc1. The van der Waals surface area contributed by atoms with Gasteiger partial charge in [-0.25, -0.2) is 19.2 Å². The van der Waals surface area contributed by atoms with E-state index in [4.69, 9.17) is 18.9 Å². The van der Waals surface area contributed by atoms with E-state index in [2.05, 4.69) is 13.8 Å². The summed E-state index contributed by atoms with van der Waals surface area (Å²) in [6.45, 7) is 5.03. The van der Waals surface area contributed by atoms with Crippen LogP contribution in [0.15, 0.2) is 60.7 Å². The molecule has 0 aromatic heterocycles. The first-order chi connectivity index (χ1) is 19.4. The Kier molecular flexibility index (Phi) is 15.5. The lowest BCUT2D eigenvalue weighted by atomic mass is 10.2. The highest BCUT2D eigenvalue weighted by molar-refractivity contribution is 5.94. The van der Waals surface area contributed by atoms with Crippen LogP contribution in [-0.4, -0.2) is 37.1 Å². The van der Waals surface area contributed by atoms with E-state index in [1.165, 1.54) is 61.4 Å². The van der Waals surface area contributed by atoms with E-state index >= 15 is 0 Å². The van der Waals surface area contributed by atoms with Gasteiger partial charge in [0.25, 0.3) is 0 Å². The van der Waals surface area contributed by atoms with Crippen LogP contribution in [0.3, 0.4) is 0 Å². The largest absolute Gasteiger partial charge is 0.462 e. The fraction of sp³-hybridized carbons (Fsp3) is 0.438. The zero-order valence-corrected chi connectivity index (χ0v) is 23.5. The maximum atomic E-state index is 12.1. The van der Waals surface area contributed by atoms with E-state index in [1.807, 2.05) is 0 Å². The molecule has 0 N–H and O–H groups in total. The predicted octanol–water partition coefficient (Wildman–Crippen LogP) is 7.01. The quantitative estimate of drug-likeness (QED) is 0.0842. The lowest BCUT2D eigenvalue weighted by molar-refractivity contribution is -0.131. The summed E-state index contributed by atoms with van der Waals surface area (Å²) in [5.74, 6) is -2.01. The van der Waals surface area contributed by atoms with Gasteiger partial charge in [-0.05, 0) is 61.4 Å². The summed E-state index contributed by atoms with van der Waals surface area (Å²) in [4.78, 5) is 48.3. The first-order valence-corrected chi connectivity index (χ1v) is 14.1. The van der Waals surface area contributed by atoms with Gasteiger partial charge in [0, 0.05) is 12.2 Å². The third kappa shape index (κ3) is 13.2. The average molecular weight is 553 g/mol. The van der Waals surface area contributed by atoms with Crippen molar-refractivity contribution in [2.75, 3.05) is 13.2 Å². The minimum Gasteiger partial charge on any atom is -0.462 e. The second kappa shape index (κ2) is 19.2. The average Bonchev–Trinajstić information content (AvgIpc) is 2.96. The van der Waals surface area contributed by atoms with Crippen LogP contribution in [0.2, 0.25) is 0 Å². The molecule has 0 saturated heterocycles. The first-order valence-electron chi connectivity index (χ1n) is 14.1. The lowest BCUT2D eigenvalue weighted by Crippen LogP contribution is -2.09. The van der Waals surface area contributed by atoms with Crippen LogP contribution in [-0.2, 0) is 19.1 Å². The molecule has 8 heteroatoms. The van der Waals surface area contributed by atoms with Gasteiger partial charge in [0.15, 0.2) is 0 Å². The molecule has 0 fully saturated rings. The predicted molar refractivity (Wildman–Crippen MR) is 151 cm³/mol. The van der Waals surface area contributed by atoms with Crippen LogP contribution < -0.4 is 9.47 Å². The molecule has 0 heterocycles. The maximum Gasteiger partial charge on any atom is 0.338 e. The van der Waals surface area contributed by atoms with Gasteiger partial charge < -0.3 is 18.9 Å². The van der Waals surface area contributed by atoms with Gasteiger partial charge >= 0.3 is 23.9 Å². The molecule has 0 saturated carbocycles. The highest BCUT2D eigenvalue weighted by Gasteiger charge is 2.10. The molecule has 0 spiro atoms. The van der Waals surface area contributed by atoms with Crippen LogP contribution >= 0.6 is 0 Å². The van der Waals surface area contributed by atoms with Crippen molar-refractivity contribution in [3.8, 4) is 11.5 Å². The Hall–Kier alpha value is -3.94. The summed E-state index contributed by atoms with van der Waals surface area (Å²) < 4.78 is 20.8. The summed E-state index contributed by atoms with van der Waals surface area (Å²) in [5.41, 5.74) is 0.711. The summed E-state index contributed by atoms with van der Waals surface area (Å²) in [6, 6.07) is 11.9. The second-order valence-corrected chi connectivity index (χ2v) is 9.32. The van der Waals surface area contributed by atoms with Gasteiger partial charge in [-0.3, -0.25) is 0 Å². The summed E-state index contributed by atoms with van der Waals surface area (Å²) in [7, 11) is 0. The van der Waals surface area contributed by atoms with Crippen molar-refractivity contribution in [2.45, 2.75) is 78.1 Å². The van der Waals surface area contributed by atoms with Crippen molar-refractivity contribution in [3.63, 3.8) is 0 Å². The summed E-state index contributed by atoms with van der Waals surface area (Å²) in [6.07, 6.45) is 12.5. The Morgan fingerprint density at radius 3 is 1.23 bits per heavy atom. The van der Waals surface area contributed by atoms with E-state index < -0.39 is 23.9 Å². The van der Waals surface area contributed by atoms with Gasteiger partial charge in [0.1, 0.15) is 11.5 Å². The molecule has 0 aliphatic heterocycles. The second-order valence-electron chi connectivity index (χ2n) is 9.32. The minimum atomic E-state index is -0.785. The highest BCUT2D eigenvalue weighted by Crippen LogP contribution is 2.15. The maximum absolute atomic E-state index is 12.1. The molecule has 216 valence electrons. The molecule has 2 aromatic rings. The Balaban J connectivity index is 1.71. The van der Waals surface area contributed by atoms with Crippen LogP contribution in [0, 0.1) is 0 Å². The smallest absolute Gasteiger partial charge is 0.338 e. The molecule has 0 unspecified atom stereocenters. The van der Waals surface area contributed by atoms with Gasteiger partial charge in [-0.15, -0.1) is 0 Å². The molecule has 2 rings (SSSR count). The van der Waals surface area contributed by atoms with Crippen LogP contribution in [0.4, 0.5) is 0 Å². The first kappa shape index (κ1) is 32.3. The van der Waals surface area contributed by atoms with Gasteiger partial charge in [-0.1, -0.05) is 65.2 Å². The third-order valence-electron chi connectivity index (χ3n) is 5.93. The number of ether oxygens (including phenoxy) is 4. The monoisotopic (exact) mass is 552 g/mol. The molecule has 2 aromatic carbocycles. The van der Waals surface area contributed by atoms with E-state index in [-0.39, 0.29) is 11.5 Å². The molecule has 0 aliphatic rings. The van der Waals surface area contributed by atoms with Gasteiger partial charge in [-0.2, -0.15) is 0 Å². The molecule has 0 aliphatic carbocycles. The van der Waals surface area contributed by atoms with Crippen molar-refractivity contribution in [1.29, 1.82) is 0 Å². The number of hydrogen-bond donors (Lipinski definition) is 0. The van der Waals surface area contributed by atoms with E-state index in [0.29, 0.717) is 24.3 Å². The lowest BCUT2D eigenvalue weighted by Gasteiger charge is -2.06.